The topological polar surface area (TPSA) is 142 Å². The number of amidine groups is 1. The number of methoxy groups -OCH3 is 2. The third-order valence-electron chi connectivity index (χ3n) is 5.30. The summed E-state index contributed by atoms with van der Waals surface area (Å²) in [5, 5.41) is 14.6. The first-order valence-corrected chi connectivity index (χ1v) is 10.7. The average Bonchev–Trinajstić information content (AvgIpc) is 3.30. The first-order chi connectivity index (χ1) is 16.5. The van der Waals surface area contributed by atoms with Crippen LogP contribution in [-0.4, -0.2) is 48.8 Å². The maximum absolute atomic E-state index is 12.9. The summed E-state index contributed by atoms with van der Waals surface area (Å²) in [6, 6.07) is 12.7. The Hall–Kier alpha value is -4.18. The molecule has 0 saturated carbocycles. The molecule has 3 aromatic rings. The van der Waals surface area contributed by atoms with E-state index in [1.807, 2.05) is 36.4 Å². The number of anilines is 1. The van der Waals surface area contributed by atoms with Crippen LogP contribution in [0.3, 0.4) is 0 Å². The summed E-state index contributed by atoms with van der Waals surface area (Å²) in [6.45, 7) is 0.541. The Kier molecular flexibility index (Phi) is 6.60. The van der Waals surface area contributed by atoms with E-state index in [2.05, 4.69) is 20.8 Å². The van der Waals surface area contributed by atoms with Crippen LogP contribution in [0.25, 0.3) is 17.0 Å². The SMILES string of the molecule is COc1cccc(OC)c1-c1cc(C(=O)NC/C(N)=N/N)nn1C1=CCNc2cc(Cl)ccc21. The van der Waals surface area contributed by atoms with Crippen molar-refractivity contribution in [1.29, 1.82) is 0 Å². The number of carbonyl (C=O) groups excluding carboxylic acids is 1. The van der Waals surface area contributed by atoms with Gasteiger partial charge in [-0.15, -0.1) is 0 Å². The van der Waals surface area contributed by atoms with Gasteiger partial charge in [0.15, 0.2) is 5.69 Å². The van der Waals surface area contributed by atoms with Crippen LogP contribution < -0.4 is 31.7 Å². The molecule has 0 atom stereocenters. The van der Waals surface area contributed by atoms with Gasteiger partial charge in [0.2, 0.25) is 0 Å². The van der Waals surface area contributed by atoms with Crippen molar-refractivity contribution >= 4 is 34.7 Å². The maximum Gasteiger partial charge on any atom is 0.272 e. The van der Waals surface area contributed by atoms with Crippen LogP contribution >= 0.6 is 11.6 Å². The molecular weight excluding hydrogens is 458 g/mol. The third-order valence-corrected chi connectivity index (χ3v) is 5.53. The zero-order chi connectivity index (χ0) is 24.2. The molecule has 1 aromatic heterocycles. The normalized spacial score (nSPS) is 12.9. The van der Waals surface area contributed by atoms with E-state index in [9.17, 15) is 4.79 Å². The summed E-state index contributed by atoms with van der Waals surface area (Å²) >= 11 is 6.20. The van der Waals surface area contributed by atoms with Crippen molar-refractivity contribution in [3.8, 4) is 22.8 Å². The van der Waals surface area contributed by atoms with Gasteiger partial charge in [0.05, 0.1) is 37.7 Å². The molecule has 0 aliphatic carbocycles. The summed E-state index contributed by atoms with van der Waals surface area (Å²) in [4.78, 5) is 12.9. The minimum atomic E-state index is -0.439. The van der Waals surface area contributed by atoms with Crippen LogP contribution in [0.1, 0.15) is 16.1 Å². The van der Waals surface area contributed by atoms with E-state index in [0.717, 1.165) is 16.9 Å². The van der Waals surface area contributed by atoms with E-state index in [0.29, 0.717) is 34.3 Å². The number of halogens is 1. The Morgan fingerprint density at radius 3 is 2.65 bits per heavy atom. The molecule has 1 aliphatic heterocycles. The molecule has 0 saturated heterocycles. The number of ether oxygens (including phenoxy) is 2. The van der Waals surface area contributed by atoms with Crippen molar-refractivity contribution in [2.24, 2.45) is 16.7 Å². The van der Waals surface area contributed by atoms with Crippen LogP contribution in [0.2, 0.25) is 5.02 Å². The quantitative estimate of drug-likeness (QED) is 0.176. The average molecular weight is 482 g/mol. The van der Waals surface area contributed by atoms with Crippen LogP contribution in [0.15, 0.2) is 53.6 Å². The number of aromatic nitrogens is 2. The van der Waals surface area contributed by atoms with Crippen molar-refractivity contribution in [2.75, 3.05) is 32.6 Å². The van der Waals surface area contributed by atoms with Crippen LogP contribution in [0.4, 0.5) is 5.69 Å². The van der Waals surface area contributed by atoms with Gasteiger partial charge in [-0.3, -0.25) is 4.79 Å². The van der Waals surface area contributed by atoms with Crippen molar-refractivity contribution in [2.45, 2.75) is 0 Å². The Labute approximate surface area is 201 Å². The summed E-state index contributed by atoms with van der Waals surface area (Å²) < 4.78 is 12.9. The first-order valence-electron chi connectivity index (χ1n) is 10.3. The minimum Gasteiger partial charge on any atom is -0.496 e. The number of fused-ring (bicyclic) bond motifs is 1. The highest BCUT2D eigenvalue weighted by Gasteiger charge is 2.25. The van der Waals surface area contributed by atoms with Gasteiger partial charge in [0, 0.05) is 22.8 Å². The maximum atomic E-state index is 12.9. The molecule has 0 fully saturated rings. The summed E-state index contributed by atoms with van der Waals surface area (Å²) in [5.41, 5.74) is 9.54. The lowest BCUT2D eigenvalue weighted by molar-refractivity contribution is 0.0954. The number of amides is 1. The molecule has 0 unspecified atom stereocenters. The third kappa shape index (κ3) is 4.35. The lowest BCUT2D eigenvalue weighted by Crippen LogP contribution is -2.34. The molecule has 6 N–H and O–H groups in total. The van der Waals surface area contributed by atoms with Gasteiger partial charge in [-0.25, -0.2) is 4.68 Å². The van der Waals surface area contributed by atoms with E-state index in [1.165, 1.54) is 0 Å². The predicted molar refractivity (Wildman–Crippen MR) is 132 cm³/mol. The molecule has 1 amide bonds. The number of carbonyl (C=O) groups is 1. The summed E-state index contributed by atoms with van der Waals surface area (Å²) in [5.74, 6) is 5.95. The molecule has 2 heterocycles. The van der Waals surface area contributed by atoms with Gasteiger partial charge >= 0.3 is 0 Å². The number of nitrogens with one attached hydrogen (secondary N) is 2. The van der Waals surface area contributed by atoms with E-state index in [-0.39, 0.29) is 18.1 Å². The second-order valence-electron chi connectivity index (χ2n) is 7.33. The van der Waals surface area contributed by atoms with Crippen molar-refractivity contribution < 1.29 is 14.3 Å². The molecule has 176 valence electrons. The Morgan fingerprint density at radius 2 is 1.97 bits per heavy atom. The summed E-state index contributed by atoms with van der Waals surface area (Å²) in [7, 11) is 3.14. The van der Waals surface area contributed by atoms with Crippen molar-refractivity contribution in [3.05, 3.63) is 64.8 Å². The van der Waals surface area contributed by atoms with E-state index in [4.69, 9.17) is 32.7 Å². The zero-order valence-electron chi connectivity index (χ0n) is 18.6. The Balaban J connectivity index is 1.89. The standard InChI is InChI=1S/C23H24ClN7O3/c1-33-19-4-3-5-20(34-2)22(19)18-11-16(23(32)28-12-21(25)29-26)30-31(18)17-8-9-27-15-10-13(24)6-7-14(15)17/h3-8,10-11,27H,9,12,26H2,1-2H3,(H2,25,29)(H,28,32). The summed E-state index contributed by atoms with van der Waals surface area (Å²) in [6.07, 6.45) is 1.98. The lowest BCUT2D eigenvalue weighted by Gasteiger charge is -2.22. The van der Waals surface area contributed by atoms with Gasteiger partial charge in [-0.2, -0.15) is 10.2 Å². The van der Waals surface area contributed by atoms with E-state index >= 15 is 0 Å². The zero-order valence-corrected chi connectivity index (χ0v) is 19.4. The molecule has 1 aliphatic rings. The van der Waals surface area contributed by atoms with Crippen molar-refractivity contribution in [3.63, 3.8) is 0 Å². The van der Waals surface area contributed by atoms with Gasteiger partial charge < -0.3 is 31.7 Å². The van der Waals surface area contributed by atoms with E-state index in [1.54, 1.807) is 31.0 Å². The van der Waals surface area contributed by atoms with Gasteiger partial charge in [0.1, 0.15) is 17.3 Å². The highest BCUT2D eigenvalue weighted by atomic mass is 35.5. The Bertz CT molecular complexity index is 1280. The van der Waals surface area contributed by atoms with Crippen molar-refractivity contribution in [1.82, 2.24) is 15.1 Å². The molecule has 0 spiro atoms. The highest BCUT2D eigenvalue weighted by Crippen LogP contribution is 2.41. The number of hydrogen-bond acceptors (Lipinski definition) is 7. The number of hydrogen-bond donors (Lipinski definition) is 4. The molecule has 10 nitrogen and oxygen atoms in total. The molecule has 34 heavy (non-hydrogen) atoms. The van der Waals surface area contributed by atoms with E-state index < -0.39 is 5.91 Å². The molecular formula is C23H24ClN7O3. The monoisotopic (exact) mass is 481 g/mol. The van der Waals surface area contributed by atoms with Crippen LogP contribution in [0, 0.1) is 0 Å². The fraction of sp³-hybridized carbons (Fsp3) is 0.174. The molecule has 0 bridgehead atoms. The highest BCUT2D eigenvalue weighted by molar-refractivity contribution is 6.31. The van der Waals surface area contributed by atoms with Gasteiger partial charge in [-0.1, -0.05) is 17.7 Å². The lowest BCUT2D eigenvalue weighted by atomic mass is 10.0. The van der Waals surface area contributed by atoms with Crippen LogP contribution in [-0.2, 0) is 0 Å². The number of benzene rings is 2. The van der Waals surface area contributed by atoms with Gasteiger partial charge in [-0.05, 0) is 42.5 Å². The van der Waals surface area contributed by atoms with Crippen LogP contribution in [0.5, 0.6) is 11.5 Å². The Morgan fingerprint density at radius 1 is 1.24 bits per heavy atom. The number of hydrazone groups is 1. The molecule has 4 rings (SSSR count). The minimum absolute atomic E-state index is 0.0105. The first kappa shape index (κ1) is 23.0. The second-order valence-corrected chi connectivity index (χ2v) is 7.76. The number of nitrogens with zero attached hydrogens (tertiary/aromatic N) is 3. The number of nitrogens with two attached hydrogens (primary N) is 2. The fourth-order valence-electron chi connectivity index (χ4n) is 3.72. The molecule has 2 aromatic carbocycles. The number of rotatable bonds is 7. The largest absolute Gasteiger partial charge is 0.496 e. The molecule has 11 heteroatoms. The second kappa shape index (κ2) is 9.75. The molecule has 0 radical (unpaired) electrons. The smallest absolute Gasteiger partial charge is 0.272 e. The van der Waals surface area contributed by atoms with Gasteiger partial charge in [0.25, 0.3) is 5.91 Å². The predicted octanol–water partition coefficient (Wildman–Crippen LogP) is 2.50. The fourth-order valence-corrected chi connectivity index (χ4v) is 3.89.